The van der Waals surface area contributed by atoms with Crippen molar-refractivity contribution in [1.82, 2.24) is 14.5 Å². The predicted octanol–water partition coefficient (Wildman–Crippen LogP) is 15.1. The molecule has 62 heavy (non-hydrogen) atoms. The first kappa shape index (κ1) is 21.7. The molecule has 2 heterocycles. The van der Waals surface area contributed by atoms with Crippen molar-refractivity contribution in [3.05, 3.63) is 167 Å². The molecule has 0 amide bonds. The van der Waals surface area contributed by atoms with E-state index < -0.39 is 112 Å². The molecule has 2 aromatic heterocycles. The minimum atomic E-state index is -4.28. The molecule has 0 spiro atoms. The number of imidazole rings is 1. The van der Waals surface area contributed by atoms with E-state index in [1.54, 1.807) is 60.7 Å². The Morgan fingerprint density at radius 1 is 0.597 bits per heavy atom. The summed E-state index contributed by atoms with van der Waals surface area (Å²) in [6, 6.07) is 31.7. The van der Waals surface area contributed by atoms with E-state index in [1.807, 2.05) is 20.8 Å². The number of benzene rings is 6. The zero-order valence-electron chi connectivity index (χ0n) is 60.7. The molecule has 0 bridgehead atoms. The second kappa shape index (κ2) is 16.6. The monoisotopic (exact) mass is 1020 g/mol. The Bertz CT molecular complexity index is 3860. The minimum Gasteiger partial charge on any atom is -0.507 e. The summed E-state index contributed by atoms with van der Waals surface area (Å²) in [6.07, 6.45) is 1.42. The van der Waals surface area contributed by atoms with Gasteiger partial charge in [0, 0.05) is 75.5 Å². The van der Waals surface area contributed by atoms with Crippen LogP contribution in [0.3, 0.4) is 0 Å². The van der Waals surface area contributed by atoms with Crippen LogP contribution in [0.5, 0.6) is 5.75 Å². The van der Waals surface area contributed by atoms with E-state index in [2.05, 4.69) is 11.1 Å². The van der Waals surface area contributed by atoms with Crippen molar-refractivity contribution in [2.45, 2.75) is 98.7 Å². The van der Waals surface area contributed by atoms with Crippen molar-refractivity contribution >= 4 is 11.0 Å². The third-order valence-corrected chi connectivity index (χ3v) is 10.5. The summed E-state index contributed by atoms with van der Waals surface area (Å²) < 4.78 is 234. The third-order valence-electron chi connectivity index (χ3n) is 10.5. The third kappa shape index (κ3) is 8.73. The summed E-state index contributed by atoms with van der Waals surface area (Å²) in [5.74, 6) is -2.29. The molecule has 318 valence electrons. The van der Waals surface area contributed by atoms with E-state index in [9.17, 15) is 5.11 Å². The zero-order chi connectivity index (χ0) is 66.1. The standard InChI is InChI=1S/C57H58N3O.Pt/c1-35-25-36(2)27-41(26-35)40-23-24-58-49(32-40)43-29-42(30-44(31-43)55(4,5)6)46-19-16-20-51-52(46)59-54(47-33-45(56(7,8)9)34-48(53(47)61)57(10,11)12)60(51)50-22-21-39(28-37(50)3)38-17-14-13-15-18-38;/h13-28,30-34,61H,1-12H3;/q-1;/i1D3,2D3,3D3,7D3,8D3,9D3,10D3,11D3,12D3;. The molecule has 0 saturated heterocycles. The summed E-state index contributed by atoms with van der Waals surface area (Å²) in [6.45, 7) is -28.0. The fraction of sp³-hybridized carbons (Fsp3) is 0.263. The maximum Gasteiger partial charge on any atom is 0.148 e. The van der Waals surface area contributed by atoms with Crippen LogP contribution >= 0.6 is 0 Å². The van der Waals surface area contributed by atoms with Crippen LogP contribution in [0, 0.1) is 26.6 Å². The summed E-state index contributed by atoms with van der Waals surface area (Å²) in [5, 5.41) is 13.0. The summed E-state index contributed by atoms with van der Waals surface area (Å²) in [4.78, 5) is 9.60. The van der Waals surface area contributed by atoms with Crippen LogP contribution in [0.2, 0.25) is 0 Å². The molecule has 0 fully saturated rings. The molecule has 0 aliphatic rings. The largest absolute Gasteiger partial charge is 0.507 e. The van der Waals surface area contributed by atoms with Crippen LogP contribution in [-0.4, -0.2) is 19.6 Å². The van der Waals surface area contributed by atoms with Gasteiger partial charge in [0.25, 0.3) is 0 Å². The molecule has 5 heteroatoms. The van der Waals surface area contributed by atoms with Crippen LogP contribution in [0.15, 0.2) is 128 Å². The molecule has 0 unspecified atom stereocenters. The molecule has 0 radical (unpaired) electrons. The van der Waals surface area contributed by atoms with Crippen LogP contribution in [0.1, 0.15) is 132 Å². The Morgan fingerprint density at radius 3 is 2.00 bits per heavy atom. The van der Waals surface area contributed by atoms with Gasteiger partial charge in [-0.15, -0.1) is 29.3 Å². The van der Waals surface area contributed by atoms with Crippen molar-refractivity contribution in [2.75, 3.05) is 0 Å². The Hall–Kier alpha value is -5.57. The van der Waals surface area contributed by atoms with Gasteiger partial charge in [0.2, 0.25) is 0 Å². The van der Waals surface area contributed by atoms with Gasteiger partial charge in [0.15, 0.2) is 0 Å². The van der Waals surface area contributed by atoms with Crippen LogP contribution in [0.25, 0.3) is 72.7 Å². The van der Waals surface area contributed by atoms with E-state index >= 15 is 0 Å². The van der Waals surface area contributed by atoms with Crippen molar-refractivity contribution in [3.63, 3.8) is 0 Å². The SMILES string of the molecule is [2H]C([2H])([2H])c1cc(-c2ccnc(-c3[c-]c(-c4cccc5c4nc(-c4cc(C(C([2H])([2H])[2H])(C([2H])([2H])[2H])C([2H])([2H])[2H])cc(C(C([2H])([2H])[2H])(C([2H])([2H])[2H])C([2H])([2H])[2H])c4O)n5-c4ccc(-c5ccccc5)cc4C([2H])([2H])[2H])cc(C(C)(C)C)c3)c2)cc(C([2H])([2H])[2H])c1.[Pt]. The van der Waals surface area contributed by atoms with E-state index in [0.29, 0.717) is 33.9 Å². The van der Waals surface area contributed by atoms with Gasteiger partial charge in [-0.05, 0) is 101 Å². The topological polar surface area (TPSA) is 50.9 Å². The molecular formula is C57H58N3OPt-. The number of aromatic hydroxyl groups is 1. The van der Waals surface area contributed by atoms with Crippen molar-refractivity contribution < 1.29 is 63.2 Å². The smallest absolute Gasteiger partial charge is 0.148 e. The van der Waals surface area contributed by atoms with Gasteiger partial charge in [-0.25, -0.2) is 4.98 Å². The fourth-order valence-electron chi connectivity index (χ4n) is 7.43. The predicted molar refractivity (Wildman–Crippen MR) is 257 cm³/mol. The number of aryl methyl sites for hydroxylation is 3. The van der Waals surface area contributed by atoms with Crippen LogP contribution < -0.4 is 0 Å². The van der Waals surface area contributed by atoms with E-state index in [4.69, 9.17) is 42.0 Å². The molecule has 0 saturated carbocycles. The number of para-hydroxylation sites is 1. The first-order valence-corrected chi connectivity index (χ1v) is 19.2. The van der Waals surface area contributed by atoms with Crippen molar-refractivity contribution in [3.8, 4) is 67.5 Å². The van der Waals surface area contributed by atoms with E-state index in [-0.39, 0.29) is 77.4 Å². The number of nitrogens with zero attached hydrogens (tertiary/aromatic N) is 3. The van der Waals surface area contributed by atoms with Gasteiger partial charge in [0.1, 0.15) is 11.6 Å². The second-order valence-corrected chi connectivity index (χ2v) is 16.1. The number of hydrogen-bond acceptors (Lipinski definition) is 3. The normalized spacial score (nSPS) is 20.4. The summed E-state index contributed by atoms with van der Waals surface area (Å²) in [7, 11) is 0. The van der Waals surface area contributed by atoms with Gasteiger partial charge in [-0.2, -0.15) is 0 Å². The Balaban J connectivity index is 0.0000113. The number of pyridine rings is 1. The number of aromatic nitrogens is 3. The first-order valence-electron chi connectivity index (χ1n) is 32.7. The molecular weight excluding hydrogens is 938 g/mol. The van der Waals surface area contributed by atoms with E-state index in [0.717, 1.165) is 10.6 Å². The summed E-state index contributed by atoms with van der Waals surface area (Å²) in [5.41, 5.74) is -11.4. The zero-order valence-corrected chi connectivity index (χ0v) is 36.0. The number of fused-ring (bicyclic) bond motifs is 1. The van der Waals surface area contributed by atoms with Gasteiger partial charge >= 0.3 is 0 Å². The van der Waals surface area contributed by atoms with E-state index in [1.165, 1.54) is 48.7 Å². The van der Waals surface area contributed by atoms with Crippen LogP contribution in [0.4, 0.5) is 0 Å². The Morgan fingerprint density at radius 2 is 1.31 bits per heavy atom. The molecule has 8 rings (SSSR count). The van der Waals surface area contributed by atoms with Gasteiger partial charge < -0.3 is 5.11 Å². The second-order valence-electron chi connectivity index (χ2n) is 16.1. The molecule has 0 aliphatic heterocycles. The van der Waals surface area contributed by atoms with Gasteiger partial charge in [0.05, 0.1) is 22.3 Å². The first-order chi connectivity index (χ1) is 39.9. The average molecular weight is 1020 g/mol. The Labute approximate surface area is 421 Å². The maximum atomic E-state index is 13.0. The number of hydrogen-bond donors (Lipinski definition) is 1. The van der Waals surface area contributed by atoms with Gasteiger partial charge in [-0.1, -0.05) is 163 Å². The molecule has 0 atom stereocenters. The number of phenols is 1. The molecule has 0 aliphatic carbocycles. The molecule has 8 aromatic rings. The van der Waals surface area contributed by atoms with Crippen LogP contribution in [-0.2, 0) is 37.3 Å². The maximum absolute atomic E-state index is 13.0. The minimum absolute atomic E-state index is 0. The quantitative estimate of drug-likeness (QED) is 0.169. The average Bonchev–Trinajstić information content (AvgIpc) is 1.10. The summed E-state index contributed by atoms with van der Waals surface area (Å²) >= 11 is 0. The fourth-order valence-corrected chi connectivity index (χ4v) is 7.43. The Kier molecular flexibility index (Phi) is 5.81. The van der Waals surface area contributed by atoms with Gasteiger partial charge in [-0.3, -0.25) is 9.55 Å². The molecule has 4 nitrogen and oxygen atoms in total. The molecule has 6 aromatic carbocycles. The van der Waals surface area contributed by atoms with Crippen molar-refractivity contribution in [1.29, 1.82) is 0 Å². The van der Waals surface area contributed by atoms with Crippen molar-refractivity contribution in [2.24, 2.45) is 0 Å². The molecule has 1 N–H and O–H groups in total. The number of rotatable bonds is 6. The number of phenolic OH excluding ortho intramolecular Hbond substituents is 1.